The number of halogens is 2. The molecule has 38 heavy (non-hydrogen) atoms. The van der Waals surface area contributed by atoms with Gasteiger partial charge in [0.05, 0.1) is 13.2 Å². The van der Waals surface area contributed by atoms with E-state index in [0.717, 1.165) is 37.7 Å². The van der Waals surface area contributed by atoms with E-state index in [4.69, 9.17) is 0 Å². The third-order valence-electron chi connectivity index (χ3n) is 8.22. The van der Waals surface area contributed by atoms with Crippen molar-refractivity contribution in [1.82, 2.24) is 19.6 Å². The average molecular weight is 525 g/mol. The first-order valence-corrected chi connectivity index (χ1v) is 13.2. The molecule has 202 valence electrons. The Hall–Kier alpha value is -3.30. The molecule has 1 atom stereocenters. The molecule has 0 spiro atoms. The lowest BCUT2D eigenvalue weighted by Gasteiger charge is -2.43. The molecule has 0 radical (unpaired) electrons. The highest BCUT2D eigenvalue weighted by molar-refractivity contribution is 5.84. The number of likely N-dealkylation sites (tertiary alicyclic amines) is 2. The summed E-state index contributed by atoms with van der Waals surface area (Å²) in [5.74, 6) is -1.03. The van der Waals surface area contributed by atoms with Crippen LogP contribution in [0.4, 0.5) is 13.6 Å². The summed E-state index contributed by atoms with van der Waals surface area (Å²) < 4.78 is 28.8. The Morgan fingerprint density at radius 2 is 1.76 bits per heavy atom. The molecule has 3 aliphatic rings. The molecule has 1 N–H and O–H groups in total. The Morgan fingerprint density at radius 3 is 2.39 bits per heavy atom. The molecule has 2 aromatic rings. The molecule has 0 bridgehead atoms. The van der Waals surface area contributed by atoms with Crippen molar-refractivity contribution in [3.8, 4) is 0 Å². The monoisotopic (exact) mass is 524 g/mol. The summed E-state index contributed by atoms with van der Waals surface area (Å²) in [5.41, 5.74) is -0.0320. The van der Waals surface area contributed by atoms with E-state index < -0.39 is 23.8 Å². The zero-order valence-corrected chi connectivity index (χ0v) is 21.7. The maximum absolute atomic E-state index is 14.7. The van der Waals surface area contributed by atoms with Gasteiger partial charge in [-0.25, -0.2) is 13.6 Å². The number of amides is 3. The van der Waals surface area contributed by atoms with Crippen LogP contribution in [0, 0.1) is 11.6 Å². The van der Waals surface area contributed by atoms with Gasteiger partial charge in [-0.15, -0.1) is 0 Å². The van der Waals surface area contributed by atoms with Crippen molar-refractivity contribution in [2.45, 2.75) is 30.8 Å². The number of urea groups is 1. The minimum Gasteiger partial charge on any atom is -0.393 e. The topological polar surface area (TPSA) is 67.3 Å². The minimum atomic E-state index is -1.23. The highest BCUT2D eigenvalue weighted by Gasteiger charge is 2.46. The zero-order chi connectivity index (χ0) is 26.9. The van der Waals surface area contributed by atoms with Gasteiger partial charge in [-0.2, -0.15) is 0 Å². The van der Waals surface area contributed by atoms with Crippen molar-refractivity contribution in [3.63, 3.8) is 0 Å². The van der Waals surface area contributed by atoms with Gasteiger partial charge in [-0.1, -0.05) is 30.3 Å². The number of rotatable bonds is 6. The van der Waals surface area contributed by atoms with Crippen LogP contribution in [0.1, 0.15) is 30.4 Å². The number of aliphatic hydroxyl groups excluding tert-OH is 1. The van der Waals surface area contributed by atoms with Crippen LogP contribution < -0.4 is 0 Å². The Morgan fingerprint density at radius 1 is 1.05 bits per heavy atom. The van der Waals surface area contributed by atoms with E-state index in [1.54, 1.807) is 22.9 Å². The summed E-state index contributed by atoms with van der Waals surface area (Å²) in [6, 6.07) is 12.0. The molecular formula is C29H34F2N4O3. The zero-order valence-electron chi connectivity index (χ0n) is 21.7. The second kappa shape index (κ2) is 10.8. The largest absolute Gasteiger partial charge is 0.393 e. The van der Waals surface area contributed by atoms with Gasteiger partial charge in [0, 0.05) is 38.3 Å². The number of carbonyl (C=O) groups is 2. The van der Waals surface area contributed by atoms with Gasteiger partial charge >= 0.3 is 6.03 Å². The Balaban J connectivity index is 1.36. The number of hydrogen-bond donors (Lipinski definition) is 1. The summed E-state index contributed by atoms with van der Waals surface area (Å²) in [6.07, 6.45) is 4.12. The molecule has 0 aromatic heterocycles. The van der Waals surface area contributed by atoms with E-state index in [2.05, 4.69) is 4.90 Å². The highest BCUT2D eigenvalue weighted by atomic mass is 19.1. The number of piperidine rings is 1. The van der Waals surface area contributed by atoms with Gasteiger partial charge in [-0.3, -0.25) is 9.69 Å². The lowest BCUT2D eigenvalue weighted by atomic mass is 9.89. The van der Waals surface area contributed by atoms with Gasteiger partial charge in [-0.05, 0) is 67.8 Å². The Bertz CT molecular complexity index is 1210. The maximum atomic E-state index is 14.7. The van der Waals surface area contributed by atoms with E-state index in [1.807, 2.05) is 35.2 Å². The third-order valence-corrected chi connectivity index (χ3v) is 8.22. The molecule has 2 aromatic carbocycles. The maximum Gasteiger partial charge on any atom is 0.321 e. The van der Waals surface area contributed by atoms with Crippen molar-refractivity contribution in [2.24, 2.45) is 0 Å². The second-order valence-corrected chi connectivity index (χ2v) is 10.5. The lowest BCUT2D eigenvalue weighted by Crippen LogP contribution is -2.56. The predicted molar refractivity (Wildman–Crippen MR) is 140 cm³/mol. The molecule has 5 rings (SSSR count). The molecule has 9 heteroatoms. The third kappa shape index (κ3) is 4.92. The van der Waals surface area contributed by atoms with E-state index in [0.29, 0.717) is 43.6 Å². The molecule has 3 aliphatic heterocycles. The smallest absolute Gasteiger partial charge is 0.321 e. The van der Waals surface area contributed by atoms with Crippen molar-refractivity contribution in [2.75, 3.05) is 52.9 Å². The van der Waals surface area contributed by atoms with Crippen molar-refractivity contribution in [3.05, 3.63) is 77.4 Å². The van der Waals surface area contributed by atoms with Crippen molar-refractivity contribution >= 4 is 17.5 Å². The van der Waals surface area contributed by atoms with Crippen molar-refractivity contribution < 1.29 is 23.5 Å². The quantitative estimate of drug-likeness (QED) is 0.630. The molecule has 2 fully saturated rings. The van der Waals surface area contributed by atoms with Crippen LogP contribution in [-0.4, -0.2) is 95.6 Å². The van der Waals surface area contributed by atoms with Gasteiger partial charge in [0.25, 0.3) is 0 Å². The molecule has 1 unspecified atom stereocenters. The fourth-order valence-corrected chi connectivity index (χ4v) is 5.74. The first-order valence-electron chi connectivity index (χ1n) is 13.2. The first-order chi connectivity index (χ1) is 18.3. The molecular weight excluding hydrogens is 490 g/mol. The molecule has 0 saturated carbocycles. The van der Waals surface area contributed by atoms with Gasteiger partial charge in [0.15, 0.2) is 0 Å². The van der Waals surface area contributed by atoms with E-state index in [-0.39, 0.29) is 30.1 Å². The summed E-state index contributed by atoms with van der Waals surface area (Å²) >= 11 is 0. The summed E-state index contributed by atoms with van der Waals surface area (Å²) in [7, 11) is 1.73. The van der Waals surface area contributed by atoms with Gasteiger partial charge < -0.3 is 19.8 Å². The molecule has 3 amide bonds. The number of hydrogen-bond acceptors (Lipinski definition) is 4. The van der Waals surface area contributed by atoms with Crippen LogP contribution in [0.3, 0.4) is 0 Å². The SMILES string of the molecule is CN(C(=O)N1CC(c2cc(F)ccc2F)=CC1(CO)c1ccccc1)C1CCN(C(=O)CN2CCC2)CC1. The van der Waals surface area contributed by atoms with E-state index in [9.17, 15) is 23.5 Å². The number of aliphatic hydroxyl groups is 1. The van der Waals surface area contributed by atoms with Crippen LogP contribution in [0.15, 0.2) is 54.6 Å². The molecule has 2 saturated heterocycles. The summed E-state index contributed by atoms with van der Waals surface area (Å²) in [4.78, 5) is 33.8. The lowest BCUT2D eigenvalue weighted by molar-refractivity contribution is -0.134. The van der Waals surface area contributed by atoms with Crippen LogP contribution in [0.5, 0.6) is 0 Å². The molecule has 0 aliphatic carbocycles. The van der Waals surface area contributed by atoms with Crippen LogP contribution in [0.25, 0.3) is 5.57 Å². The van der Waals surface area contributed by atoms with Crippen LogP contribution >= 0.6 is 0 Å². The normalized spacial score (nSPS) is 22.3. The van der Waals surface area contributed by atoms with Crippen molar-refractivity contribution in [1.29, 1.82) is 0 Å². The number of carbonyl (C=O) groups excluding carboxylic acids is 2. The number of nitrogens with zero attached hydrogens (tertiary/aromatic N) is 4. The Labute approximate surface area is 221 Å². The highest BCUT2D eigenvalue weighted by Crippen LogP contribution is 2.41. The van der Waals surface area contributed by atoms with Gasteiger partial charge in [0.2, 0.25) is 5.91 Å². The average Bonchev–Trinajstić information content (AvgIpc) is 3.32. The summed E-state index contributed by atoms with van der Waals surface area (Å²) in [6.45, 7) is 3.16. The Kier molecular flexibility index (Phi) is 7.49. The van der Waals surface area contributed by atoms with Gasteiger partial charge in [0.1, 0.15) is 17.2 Å². The standard InChI is InChI=1S/C29H34F2N4O3/c1-32(24-10-14-34(15-11-24)27(37)19-33-12-5-13-33)28(38)35-18-21(25-16-23(30)8-9-26(25)31)17-29(35,20-36)22-6-3-2-4-7-22/h2-4,6-9,16-17,24,36H,5,10-15,18-20H2,1H3. The molecule has 3 heterocycles. The fourth-order valence-electron chi connectivity index (χ4n) is 5.74. The predicted octanol–water partition coefficient (Wildman–Crippen LogP) is 3.30. The summed E-state index contributed by atoms with van der Waals surface area (Å²) in [5, 5.41) is 10.7. The minimum absolute atomic E-state index is 0.0200. The molecule has 7 nitrogen and oxygen atoms in total. The van der Waals surface area contributed by atoms with Crippen LogP contribution in [0.2, 0.25) is 0 Å². The van der Waals surface area contributed by atoms with E-state index in [1.165, 1.54) is 0 Å². The first kappa shape index (κ1) is 26.3. The second-order valence-electron chi connectivity index (χ2n) is 10.5. The fraction of sp³-hybridized carbons (Fsp3) is 0.448. The number of benzene rings is 2. The van der Waals surface area contributed by atoms with E-state index >= 15 is 0 Å². The van der Waals surface area contributed by atoms with Crippen LogP contribution in [-0.2, 0) is 10.3 Å².